The minimum Gasteiger partial charge on any atom is -0.477 e. The Balaban J connectivity index is 1.31. The van der Waals surface area contributed by atoms with E-state index in [0.29, 0.717) is 47.9 Å². The third kappa shape index (κ3) is 4.68. The SMILES string of the molecule is CCOc1ncc(Cn2cc(C(=O)NCc3ccc4c(N)nccc4c3)c(C3CC3)n2)cc1Cl. The van der Waals surface area contributed by atoms with Crippen LogP contribution in [0.4, 0.5) is 5.82 Å². The van der Waals surface area contributed by atoms with Crippen molar-refractivity contribution in [2.75, 3.05) is 12.3 Å². The van der Waals surface area contributed by atoms with E-state index in [-0.39, 0.29) is 5.91 Å². The number of halogens is 1. The second-order valence-electron chi connectivity index (χ2n) is 8.40. The van der Waals surface area contributed by atoms with Crippen molar-refractivity contribution in [2.45, 2.75) is 38.8 Å². The van der Waals surface area contributed by atoms with E-state index in [9.17, 15) is 4.79 Å². The van der Waals surface area contributed by atoms with Crippen molar-refractivity contribution in [1.29, 1.82) is 0 Å². The highest BCUT2D eigenvalue weighted by Gasteiger charge is 2.31. The maximum atomic E-state index is 13.1. The van der Waals surface area contributed by atoms with Crippen LogP contribution in [0.25, 0.3) is 10.8 Å². The predicted molar refractivity (Wildman–Crippen MR) is 131 cm³/mol. The molecule has 3 aromatic heterocycles. The van der Waals surface area contributed by atoms with Crippen LogP contribution in [0.1, 0.15) is 52.9 Å². The Bertz CT molecular complexity index is 1370. The monoisotopic (exact) mass is 476 g/mol. The summed E-state index contributed by atoms with van der Waals surface area (Å²) in [7, 11) is 0. The first kappa shape index (κ1) is 22.2. The Morgan fingerprint density at radius 3 is 2.85 bits per heavy atom. The Hall–Kier alpha value is -3.65. The summed E-state index contributed by atoms with van der Waals surface area (Å²) >= 11 is 6.27. The highest BCUT2D eigenvalue weighted by molar-refractivity contribution is 6.31. The second kappa shape index (κ2) is 9.30. The zero-order valence-electron chi connectivity index (χ0n) is 18.8. The summed E-state index contributed by atoms with van der Waals surface area (Å²) in [4.78, 5) is 21.5. The normalized spacial score (nSPS) is 13.2. The molecule has 1 aliphatic carbocycles. The summed E-state index contributed by atoms with van der Waals surface area (Å²) in [6.07, 6.45) is 7.31. The molecule has 1 aliphatic rings. The van der Waals surface area contributed by atoms with Crippen molar-refractivity contribution >= 4 is 34.1 Å². The number of aromatic nitrogens is 4. The smallest absolute Gasteiger partial charge is 0.255 e. The van der Waals surface area contributed by atoms with Crippen LogP contribution in [-0.4, -0.2) is 32.3 Å². The van der Waals surface area contributed by atoms with Gasteiger partial charge in [-0.05, 0) is 54.5 Å². The second-order valence-corrected chi connectivity index (χ2v) is 8.80. The average Bonchev–Trinajstić information content (AvgIpc) is 3.59. The number of nitrogens with two attached hydrogens (primary N) is 1. The van der Waals surface area contributed by atoms with Crippen LogP contribution in [0, 0.1) is 0 Å². The van der Waals surface area contributed by atoms with Gasteiger partial charge in [-0.3, -0.25) is 9.48 Å². The fourth-order valence-corrected chi connectivity index (χ4v) is 4.21. The van der Waals surface area contributed by atoms with E-state index in [1.807, 2.05) is 37.3 Å². The molecule has 0 saturated heterocycles. The number of nitrogen functional groups attached to an aromatic ring is 1. The molecule has 3 heterocycles. The number of pyridine rings is 2. The third-order valence-electron chi connectivity index (χ3n) is 5.80. The lowest BCUT2D eigenvalue weighted by Gasteiger charge is -2.07. The van der Waals surface area contributed by atoms with Crippen molar-refractivity contribution < 1.29 is 9.53 Å². The molecule has 8 nitrogen and oxygen atoms in total. The lowest BCUT2D eigenvalue weighted by molar-refractivity contribution is 0.0950. The number of benzene rings is 1. The molecular formula is C25H25ClN6O2. The molecule has 5 rings (SSSR count). The molecule has 3 N–H and O–H groups in total. The number of hydrogen-bond donors (Lipinski definition) is 2. The Morgan fingerprint density at radius 1 is 1.24 bits per heavy atom. The first-order chi connectivity index (χ1) is 16.5. The van der Waals surface area contributed by atoms with Crippen molar-refractivity contribution in [2.24, 2.45) is 0 Å². The van der Waals surface area contributed by atoms with Crippen LogP contribution in [0.5, 0.6) is 5.88 Å². The minimum absolute atomic E-state index is 0.134. The van der Waals surface area contributed by atoms with Crippen LogP contribution < -0.4 is 15.8 Å². The van der Waals surface area contributed by atoms with E-state index in [4.69, 9.17) is 27.2 Å². The van der Waals surface area contributed by atoms with Crippen molar-refractivity contribution in [3.63, 3.8) is 0 Å². The number of nitrogens with one attached hydrogen (secondary N) is 1. The molecule has 4 aromatic rings. The topological polar surface area (TPSA) is 108 Å². The van der Waals surface area contributed by atoms with Gasteiger partial charge < -0.3 is 15.8 Å². The van der Waals surface area contributed by atoms with Gasteiger partial charge in [0.25, 0.3) is 5.91 Å². The van der Waals surface area contributed by atoms with Crippen LogP contribution in [0.2, 0.25) is 5.02 Å². The zero-order chi connectivity index (χ0) is 23.7. The van der Waals surface area contributed by atoms with E-state index in [0.717, 1.165) is 40.4 Å². The number of nitrogens with zero attached hydrogens (tertiary/aromatic N) is 4. The molecule has 0 atom stereocenters. The number of fused-ring (bicyclic) bond motifs is 1. The molecule has 9 heteroatoms. The van der Waals surface area contributed by atoms with Gasteiger partial charge in [0.15, 0.2) is 0 Å². The number of amides is 1. The van der Waals surface area contributed by atoms with E-state index >= 15 is 0 Å². The lowest BCUT2D eigenvalue weighted by Crippen LogP contribution is -2.23. The van der Waals surface area contributed by atoms with E-state index < -0.39 is 0 Å². The first-order valence-corrected chi connectivity index (χ1v) is 11.7. The Kier molecular flexibility index (Phi) is 6.06. The van der Waals surface area contributed by atoms with Gasteiger partial charge in [0, 0.05) is 36.4 Å². The van der Waals surface area contributed by atoms with Gasteiger partial charge in [0.1, 0.15) is 10.8 Å². The van der Waals surface area contributed by atoms with E-state index in [2.05, 4.69) is 15.3 Å². The molecule has 0 bridgehead atoms. The quantitative estimate of drug-likeness (QED) is 0.392. The molecular weight excluding hydrogens is 452 g/mol. The number of carbonyl (C=O) groups is 1. The largest absolute Gasteiger partial charge is 0.477 e. The maximum Gasteiger partial charge on any atom is 0.255 e. The highest BCUT2D eigenvalue weighted by atomic mass is 35.5. The van der Waals surface area contributed by atoms with Crippen LogP contribution in [0.3, 0.4) is 0 Å². The predicted octanol–water partition coefficient (Wildman–Crippen LogP) is 4.32. The highest BCUT2D eigenvalue weighted by Crippen LogP contribution is 2.40. The number of ether oxygens (including phenoxy) is 1. The molecule has 0 unspecified atom stereocenters. The standard InChI is InChI=1S/C25H25ClN6O2/c1-2-34-25-21(26)10-16(12-30-25)13-32-14-20(22(31-32)17-4-5-17)24(33)29-11-15-3-6-19-18(9-15)7-8-28-23(19)27/h3,6-10,12,14,17H,2,4-5,11,13H2,1H3,(H2,27,28)(H,29,33). The van der Waals surface area contributed by atoms with Crippen molar-refractivity contribution in [3.05, 3.63) is 76.3 Å². The van der Waals surface area contributed by atoms with Gasteiger partial charge in [-0.2, -0.15) is 5.10 Å². The fourth-order valence-electron chi connectivity index (χ4n) is 3.97. The maximum absolute atomic E-state index is 13.1. The molecule has 0 aliphatic heterocycles. The van der Waals surface area contributed by atoms with Gasteiger partial charge >= 0.3 is 0 Å². The summed E-state index contributed by atoms with van der Waals surface area (Å²) in [5.41, 5.74) is 9.27. The lowest BCUT2D eigenvalue weighted by atomic mass is 10.1. The summed E-state index contributed by atoms with van der Waals surface area (Å²) in [6, 6.07) is 9.63. The molecule has 1 aromatic carbocycles. The zero-order valence-corrected chi connectivity index (χ0v) is 19.5. The van der Waals surface area contributed by atoms with Crippen molar-refractivity contribution in [1.82, 2.24) is 25.1 Å². The summed E-state index contributed by atoms with van der Waals surface area (Å²) in [6.45, 7) is 3.25. The molecule has 1 fully saturated rings. The van der Waals surface area contributed by atoms with Crippen LogP contribution in [-0.2, 0) is 13.1 Å². The Morgan fingerprint density at radius 2 is 2.09 bits per heavy atom. The summed E-state index contributed by atoms with van der Waals surface area (Å²) in [5, 5.41) is 10.1. The van der Waals surface area contributed by atoms with Crippen LogP contribution in [0.15, 0.2) is 48.9 Å². The number of anilines is 1. The molecule has 34 heavy (non-hydrogen) atoms. The van der Waals surface area contributed by atoms with Gasteiger partial charge in [-0.15, -0.1) is 0 Å². The molecule has 0 spiro atoms. The van der Waals surface area contributed by atoms with Gasteiger partial charge in [-0.1, -0.05) is 23.7 Å². The average molecular weight is 477 g/mol. The van der Waals surface area contributed by atoms with Crippen LogP contribution >= 0.6 is 11.6 Å². The number of hydrogen-bond acceptors (Lipinski definition) is 6. The van der Waals surface area contributed by atoms with Gasteiger partial charge in [0.2, 0.25) is 5.88 Å². The van der Waals surface area contributed by atoms with Gasteiger partial charge in [-0.25, -0.2) is 9.97 Å². The van der Waals surface area contributed by atoms with Crippen molar-refractivity contribution in [3.8, 4) is 5.88 Å². The van der Waals surface area contributed by atoms with E-state index in [1.165, 1.54) is 0 Å². The minimum atomic E-state index is -0.134. The molecule has 1 saturated carbocycles. The number of carbonyl (C=O) groups excluding carboxylic acids is 1. The molecule has 174 valence electrons. The van der Waals surface area contributed by atoms with Gasteiger partial charge in [0.05, 0.1) is 24.4 Å². The Labute approximate surface area is 202 Å². The first-order valence-electron chi connectivity index (χ1n) is 11.3. The summed E-state index contributed by atoms with van der Waals surface area (Å²) < 4.78 is 7.18. The molecule has 1 amide bonds. The fraction of sp³-hybridized carbons (Fsp3) is 0.280. The summed E-state index contributed by atoms with van der Waals surface area (Å²) in [5.74, 6) is 1.11. The van der Waals surface area contributed by atoms with E-state index in [1.54, 1.807) is 23.3 Å². The number of rotatable bonds is 8. The third-order valence-corrected chi connectivity index (χ3v) is 6.07. The molecule has 0 radical (unpaired) electrons.